The fraction of sp³-hybridized carbons (Fsp3) is 0.909. The molecule has 2 aliphatic rings. The largest absolute Gasteiger partial charge is 0.380 e. The van der Waals surface area contributed by atoms with Crippen molar-refractivity contribution in [2.45, 2.75) is 38.1 Å². The van der Waals surface area contributed by atoms with Crippen molar-refractivity contribution in [3.63, 3.8) is 0 Å². The second kappa shape index (κ2) is 4.89. The Labute approximate surface area is 85.4 Å². The first kappa shape index (κ1) is 10.1. The fourth-order valence-electron chi connectivity index (χ4n) is 2.44. The molecule has 0 radical (unpaired) electrons. The van der Waals surface area contributed by atoms with Crippen LogP contribution in [0.5, 0.6) is 0 Å². The van der Waals surface area contributed by atoms with Crippen LogP contribution in [0.15, 0.2) is 0 Å². The number of ketones is 1. The van der Waals surface area contributed by atoms with Crippen LogP contribution in [0.25, 0.3) is 0 Å². The summed E-state index contributed by atoms with van der Waals surface area (Å²) in [5, 5.41) is 0. The van der Waals surface area contributed by atoms with Crippen LogP contribution < -0.4 is 0 Å². The lowest BCUT2D eigenvalue weighted by Crippen LogP contribution is -2.40. The summed E-state index contributed by atoms with van der Waals surface area (Å²) in [6, 6.07) is 0.512. The maximum Gasteiger partial charge on any atom is 0.134 e. The molecule has 1 unspecified atom stereocenters. The average Bonchev–Trinajstić information content (AvgIpc) is 2.45. The lowest BCUT2D eigenvalue weighted by Gasteiger charge is -2.32. The molecule has 1 aliphatic heterocycles. The van der Waals surface area contributed by atoms with E-state index in [1.54, 1.807) is 0 Å². The van der Waals surface area contributed by atoms with Crippen LogP contribution in [-0.2, 0) is 9.53 Å². The molecular weight excluding hydrogens is 178 g/mol. The summed E-state index contributed by atoms with van der Waals surface area (Å²) in [6.45, 7) is 3.84. The summed E-state index contributed by atoms with van der Waals surface area (Å²) >= 11 is 0. The Bertz CT molecular complexity index is 197. The van der Waals surface area contributed by atoms with Gasteiger partial charge in [-0.25, -0.2) is 0 Å². The van der Waals surface area contributed by atoms with Gasteiger partial charge in [0.25, 0.3) is 0 Å². The number of rotatable bonds is 1. The Hall–Kier alpha value is -0.410. The van der Waals surface area contributed by atoms with Gasteiger partial charge in [0.1, 0.15) is 5.78 Å². The van der Waals surface area contributed by atoms with Crippen molar-refractivity contribution < 1.29 is 9.53 Å². The van der Waals surface area contributed by atoms with E-state index in [4.69, 9.17) is 4.74 Å². The zero-order valence-electron chi connectivity index (χ0n) is 8.71. The molecule has 3 heteroatoms. The molecule has 1 atom stereocenters. The predicted octanol–water partition coefficient (Wildman–Crippen LogP) is 1.22. The highest BCUT2D eigenvalue weighted by Crippen LogP contribution is 2.21. The number of nitrogens with zero attached hydrogens (tertiary/aromatic N) is 1. The molecule has 2 fully saturated rings. The lowest BCUT2D eigenvalue weighted by atomic mass is 9.93. The van der Waals surface area contributed by atoms with Gasteiger partial charge in [-0.3, -0.25) is 9.69 Å². The average molecular weight is 197 g/mol. The molecule has 80 valence electrons. The molecule has 0 aromatic carbocycles. The van der Waals surface area contributed by atoms with Gasteiger partial charge < -0.3 is 4.74 Å². The minimum absolute atomic E-state index is 0.450. The van der Waals surface area contributed by atoms with Gasteiger partial charge in [-0.2, -0.15) is 0 Å². The zero-order valence-corrected chi connectivity index (χ0v) is 8.71. The first-order valence-electron chi connectivity index (χ1n) is 5.70. The third-order valence-electron chi connectivity index (χ3n) is 3.23. The van der Waals surface area contributed by atoms with Crippen LogP contribution in [0, 0.1) is 0 Å². The molecule has 0 bridgehead atoms. The maximum atomic E-state index is 11.3. The van der Waals surface area contributed by atoms with Gasteiger partial charge in [-0.1, -0.05) is 0 Å². The second-order valence-electron chi connectivity index (χ2n) is 4.29. The first-order chi connectivity index (χ1) is 6.86. The second-order valence-corrected chi connectivity index (χ2v) is 4.29. The van der Waals surface area contributed by atoms with E-state index in [0.29, 0.717) is 11.8 Å². The van der Waals surface area contributed by atoms with E-state index in [-0.39, 0.29) is 0 Å². The normalized spacial score (nSPS) is 31.4. The number of Topliss-reactive ketones (excluding diaryl/α,β-unsaturated/α-hetero) is 1. The number of hydrogen-bond acceptors (Lipinski definition) is 3. The third-order valence-corrected chi connectivity index (χ3v) is 3.23. The van der Waals surface area contributed by atoms with Gasteiger partial charge in [0.2, 0.25) is 0 Å². The van der Waals surface area contributed by atoms with Gasteiger partial charge >= 0.3 is 0 Å². The minimum atomic E-state index is 0.450. The summed E-state index contributed by atoms with van der Waals surface area (Å²) in [5.74, 6) is 0.450. The number of carbonyl (C=O) groups is 1. The van der Waals surface area contributed by atoms with E-state index in [1.165, 1.54) is 6.42 Å². The summed E-state index contributed by atoms with van der Waals surface area (Å²) in [7, 11) is 0. The lowest BCUT2D eigenvalue weighted by molar-refractivity contribution is -0.122. The van der Waals surface area contributed by atoms with Crippen molar-refractivity contribution in [1.82, 2.24) is 4.90 Å². The fourth-order valence-corrected chi connectivity index (χ4v) is 2.44. The van der Waals surface area contributed by atoms with Crippen LogP contribution in [0.3, 0.4) is 0 Å². The van der Waals surface area contributed by atoms with Crippen LogP contribution in [-0.4, -0.2) is 43.0 Å². The highest BCUT2D eigenvalue weighted by molar-refractivity contribution is 5.79. The first-order valence-corrected chi connectivity index (χ1v) is 5.70. The monoisotopic (exact) mass is 197 g/mol. The summed E-state index contributed by atoms with van der Waals surface area (Å²) in [5.41, 5.74) is 0. The van der Waals surface area contributed by atoms with Gasteiger partial charge in [-0.05, 0) is 19.3 Å². The summed E-state index contributed by atoms with van der Waals surface area (Å²) in [4.78, 5) is 13.8. The molecule has 1 heterocycles. The molecule has 0 aromatic rings. The Morgan fingerprint density at radius 2 is 2.14 bits per heavy atom. The van der Waals surface area contributed by atoms with Crippen molar-refractivity contribution in [1.29, 1.82) is 0 Å². The smallest absolute Gasteiger partial charge is 0.134 e. The Balaban J connectivity index is 1.88. The molecule has 14 heavy (non-hydrogen) atoms. The van der Waals surface area contributed by atoms with E-state index < -0.39 is 0 Å². The molecule has 2 rings (SSSR count). The van der Waals surface area contributed by atoms with Crippen molar-refractivity contribution >= 4 is 5.78 Å². The molecule has 1 saturated heterocycles. The predicted molar refractivity (Wildman–Crippen MR) is 54.3 cm³/mol. The van der Waals surface area contributed by atoms with Crippen molar-refractivity contribution in [3.05, 3.63) is 0 Å². The van der Waals surface area contributed by atoms with E-state index in [0.717, 1.165) is 52.0 Å². The van der Waals surface area contributed by atoms with E-state index in [9.17, 15) is 4.79 Å². The van der Waals surface area contributed by atoms with E-state index in [1.807, 2.05) is 0 Å². The number of ether oxygens (including phenoxy) is 1. The molecule has 0 amide bonds. The van der Waals surface area contributed by atoms with Gasteiger partial charge in [0.15, 0.2) is 0 Å². The summed E-state index contributed by atoms with van der Waals surface area (Å²) < 4.78 is 5.42. The molecule has 1 saturated carbocycles. The van der Waals surface area contributed by atoms with Crippen molar-refractivity contribution in [2.75, 3.05) is 26.3 Å². The van der Waals surface area contributed by atoms with Gasteiger partial charge in [0.05, 0.1) is 6.61 Å². The van der Waals surface area contributed by atoms with Crippen LogP contribution >= 0.6 is 0 Å². The van der Waals surface area contributed by atoms with Crippen molar-refractivity contribution in [3.8, 4) is 0 Å². The van der Waals surface area contributed by atoms with E-state index in [2.05, 4.69) is 4.90 Å². The Morgan fingerprint density at radius 3 is 3.00 bits per heavy atom. The topological polar surface area (TPSA) is 29.5 Å². The quantitative estimate of drug-likeness (QED) is 0.633. The van der Waals surface area contributed by atoms with Crippen molar-refractivity contribution in [2.24, 2.45) is 0 Å². The third kappa shape index (κ3) is 2.55. The maximum absolute atomic E-state index is 11.3. The highest BCUT2D eigenvalue weighted by Gasteiger charge is 2.25. The number of hydrogen-bond donors (Lipinski definition) is 0. The summed E-state index contributed by atoms with van der Waals surface area (Å²) in [6.07, 6.45) is 4.98. The number of carbonyl (C=O) groups excluding carboxylic acids is 1. The molecule has 0 spiro atoms. The Morgan fingerprint density at radius 1 is 1.21 bits per heavy atom. The molecule has 1 aliphatic carbocycles. The molecular formula is C11H19NO2. The SMILES string of the molecule is O=C1CCCC(N2CCCOCC2)C1. The van der Waals surface area contributed by atoms with Crippen LogP contribution in [0.2, 0.25) is 0 Å². The van der Waals surface area contributed by atoms with E-state index >= 15 is 0 Å². The minimum Gasteiger partial charge on any atom is -0.380 e. The zero-order chi connectivity index (χ0) is 9.80. The molecule has 3 nitrogen and oxygen atoms in total. The molecule has 0 N–H and O–H groups in total. The highest BCUT2D eigenvalue weighted by atomic mass is 16.5. The van der Waals surface area contributed by atoms with Gasteiger partial charge in [-0.15, -0.1) is 0 Å². The Kier molecular flexibility index (Phi) is 3.54. The van der Waals surface area contributed by atoms with Gasteiger partial charge in [0, 0.05) is 38.6 Å². The molecule has 0 aromatic heterocycles. The van der Waals surface area contributed by atoms with Crippen LogP contribution in [0.1, 0.15) is 32.1 Å². The van der Waals surface area contributed by atoms with Crippen LogP contribution in [0.4, 0.5) is 0 Å². The standard InChI is InChI=1S/C11H19NO2/c13-11-4-1-3-10(9-11)12-5-2-7-14-8-6-12/h10H,1-9H2.